The van der Waals surface area contributed by atoms with E-state index in [0.29, 0.717) is 19.3 Å². The SMILES string of the molecule is CCC/C=C\C/C=C\CCCCCCCC(=O)OCC(COC(=O)CCCCCCCCCCCCCCCCCCCCC/C=C\CCCCCCCCCC)OC(=O)CCCCCCC/C=C\C/C=C\CCC. The summed E-state index contributed by atoms with van der Waals surface area (Å²) >= 11 is 0. The topological polar surface area (TPSA) is 78.9 Å². The van der Waals surface area contributed by atoms with Gasteiger partial charge in [-0.25, -0.2) is 0 Å². The molecule has 1 unspecified atom stereocenters. The molecule has 0 aliphatic rings. The Kier molecular flexibility index (Phi) is 61.2. The Balaban J connectivity index is 4.11. The zero-order chi connectivity index (χ0) is 54.3. The highest BCUT2D eigenvalue weighted by Gasteiger charge is 2.19. The van der Waals surface area contributed by atoms with Crippen LogP contribution in [0.15, 0.2) is 60.8 Å². The largest absolute Gasteiger partial charge is 0.462 e. The molecule has 0 aromatic heterocycles. The smallest absolute Gasteiger partial charge is 0.306 e. The van der Waals surface area contributed by atoms with Crippen LogP contribution in [0, 0.1) is 0 Å². The first kappa shape index (κ1) is 72.1. The predicted octanol–water partition coefficient (Wildman–Crippen LogP) is 22.3. The number of esters is 3. The number of allylic oxidation sites excluding steroid dienone is 10. The molecular weight excluding hydrogens is 925 g/mol. The maximum Gasteiger partial charge on any atom is 0.306 e. The molecule has 0 bridgehead atoms. The Hall–Kier alpha value is -2.89. The minimum absolute atomic E-state index is 0.0820. The van der Waals surface area contributed by atoms with Crippen LogP contribution in [-0.4, -0.2) is 37.2 Å². The van der Waals surface area contributed by atoms with Gasteiger partial charge in [0.25, 0.3) is 0 Å². The summed E-state index contributed by atoms with van der Waals surface area (Å²) in [6.07, 6.45) is 81.1. The zero-order valence-corrected chi connectivity index (χ0v) is 50.1. The Morgan fingerprint density at radius 1 is 0.267 bits per heavy atom. The van der Waals surface area contributed by atoms with Crippen molar-refractivity contribution in [2.24, 2.45) is 0 Å². The Bertz CT molecular complexity index is 1340. The van der Waals surface area contributed by atoms with E-state index < -0.39 is 6.10 Å². The number of carbonyl (C=O) groups excluding carboxylic acids is 3. The van der Waals surface area contributed by atoms with Gasteiger partial charge in [-0.1, -0.05) is 287 Å². The van der Waals surface area contributed by atoms with Crippen molar-refractivity contribution >= 4 is 17.9 Å². The van der Waals surface area contributed by atoms with Crippen molar-refractivity contribution in [3.8, 4) is 0 Å². The van der Waals surface area contributed by atoms with E-state index in [4.69, 9.17) is 14.2 Å². The quantitative estimate of drug-likeness (QED) is 0.0261. The van der Waals surface area contributed by atoms with Crippen LogP contribution >= 0.6 is 0 Å². The highest BCUT2D eigenvalue weighted by Crippen LogP contribution is 2.17. The molecule has 6 nitrogen and oxygen atoms in total. The Morgan fingerprint density at radius 2 is 0.507 bits per heavy atom. The van der Waals surface area contributed by atoms with E-state index in [2.05, 4.69) is 81.5 Å². The van der Waals surface area contributed by atoms with Crippen LogP contribution in [-0.2, 0) is 28.6 Å². The van der Waals surface area contributed by atoms with Crippen molar-refractivity contribution < 1.29 is 28.6 Å². The minimum Gasteiger partial charge on any atom is -0.462 e. The molecule has 6 heteroatoms. The van der Waals surface area contributed by atoms with Crippen molar-refractivity contribution in [2.75, 3.05) is 13.2 Å². The van der Waals surface area contributed by atoms with Crippen molar-refractivity contribution in [3.05, 3.63) is 60.8 Å². The lowest BCUT2D eigenvalue weighted by molar-refractivity contribution is -0.167. The van der Waals surface area contributed by atoms with Crippen molar-refractivity contribution in [2.45, 2.75) is 348 Å². The normalized spacial score (nSPS) is 12.4. The molecule has 0 N–H and O–H groups in total. The highest BCUT2D eigenvalue weighted by molar-refractivity contribution is 5.71. The standard InChI is InChI=1S/C69H124O6/c1-4-7-10-13-16-19-22-25-26-27-28-29-30-31-32-33-34-35-36-37-38-39-40-41-42-45-47-50-53-56-59-62-68(71)74-65-66(75-69(72)63-60-57-54-51-48-44-24-21-18-15-12-9-6-3)64-73-67(70)61-58-55-52-49-46-43-23-20-17-14-11-8-5-2/h11-12,14-15,20-21,23-24,27-28,66H,4-10,13,16-19,22,25-26,29-65H2,1-3H3/b14-11-,15-12-,23-20-,24-21-,28-27-. The van der Waals surface area contributed by atoms with Gasteiger partial charge in [-0.05, 0) is 96.3 Å². The minimum atomic E-state index is -0.786. The summed E-state index contributed by atoms with van der Waals surface area (Å²) in [5, 5.41) is 0. The number of hydrogen-bond acceptors (Lipinski definition) is 6. The average Bonchev–Trinajstić information content (AvgIpc) is 3.41. The van der Waals surface area contributed by atoms with E-state index in [-0.39, 0.29) is 31.1 Å². The summed E-state index contributed by atoms with van der Waals surface area (Å²) in [4.78, 5) is 38.2. The highest BCUT2D eigenvalue weighted by atomic mass is 16.6. The predicted molar refractivity (Wildman–Crippen MR) is 325 cm³/mol. The summed E-state index contributed by atoms with van der Waals surface area (Å²) in [5.74, 6) is -0.897. The number of rotatable bonds is 60. The third-order valence-electron chi connectivity index (χ3n) is 14.4. The van der Waals surface area contributed by atoms with Crippen LogP contribution in [0.1, 0.15) is 342 Å². The summed E-state index contributed by atoms with van der Waals surface area (Å²) in [7, 11) is 0. The fourth-order valence-electron chi connectivity index (χ4n) is 9.52. The van der Waals surface area contributed by atoms with E-state index >= 15 is 0 Å². The second-order valence-electron chi connectivity index (χ2n) is 22.0. The third-order valence-corrected chi connectivity index (χ3v) is 14.4. The van der Waals surface area contributed by atoms with E-state index in [1.807, 2.05) is 0 Å². The van der Waals surface area contributed by atoms with Gasteiger partial charge in [-0.3, -0.25) is 14.4 Å². The number of ether oxygens (including phenoxy) is 3. The molecule has 436 valence electrons. The number of unbranched alkanes of at least 4 members (excludes halogenated alkanes) is 39. The lowest BCUT2D eigenvalue weighted by Crippen LogP contribution is -2.30. The first-order valence-electron chi connectivity index (χ1n) is 32.8. The van der Waals surface area contributed by atoms with Crippen LogP contribution in [0.5, 0.6) is 0 Å². The van der Waals surface area contributed by atoms with E-state index in [0.717, 1.165) is 116 Å². The van der Waals surface area contributed by atoms with Gasteiger partial charge >= 0.3 is 17.9 Å². The van der Waals surface area contributed by atoms with Crippen LogP contribution < -0.4 is 0 Å². The second kappa shape index (κ2) is 63.6. The van der Waals surface area contributed by atoms with Gasteiger partial charge in [0, 0.05) is 19.3 Å². The van der Waals surface area contributed by atoms with Gasteiger partial charge < -0.3 is 14.2 Å². The average molecular weight is 1050 g/mol. The van der Waals surface area contributed by atoms with Gasteiger partial charge in [0.15, 0.2) is 6.10 Å². The second-order valence-corrected chi connectivity index (χ2v) is 22.0. The van der Waals surface area contributed by atoms with Gasteiger partial charge in [0.05, 0.1) is 0 Å². The van der Waals surface area contributed by atoms with Crippen LogP contribution in [0.4, 0.5) is 0 Å². The zero-order valence-electron chi connectivity index (χ0n) is 50.1. The number of carbonyl (C=O) groups is 3. The molecule has 0 aromatic rings. The third kappa shape index (κ3) is 61.8. The molecule has 0 rings (SSSR count). The van der Waals surface area contributed by atoms with Crippen LogP contribution in [0.25, 0.3) is 0 Å². The van der Waals surface area contributed by atoms with Crippen molar-refractivity contribution in [1.82, 2.24) is 0 Å². The molecule has 0 aliphatic carbocycles. The molecule has 0 amide bonds. The van der Waals surface area contributed by atoms with Gasteiger partial charge in [0.2, 0.25) is 0 Å². The molecule has 0 aromatic carbocycles. The monoisotopic (exact) mass is 1050 g/mol. The summed E-state index contributed by atoms with van der Waals surface area (Å²) in [6, 6.07) is 0. The lowest BCUT2D eigenvalue weighted by atomic mass is 10.0. The van der Waals surface area contributed by atoms with Crippen molar-refractivity contribution in [1.29, 1.82) is 0 Å². The molecule has 0 radical (unpaired) electrons. The molecule has 0 aliphatic heterocycles. The molecule has 1 atom stereocenters. The summed E-state index contributed by atoms with van der Waals surface area (Å²) in [6.45, 7) is 6.52. The van der Waals surface area contributed by atoms with E-state index in [1.165, 1.54) is 186 Å². The van der Waals surface area contributed by atoms with E-state index in [1.54, 1.807) is 0 Å². The maximum atomic E-state index is 12.8. The first-order valence-corrected chi connectivity index (χ1v) is 32.8. The van der Waals surface area contributed by atoms with Gasteiger partial charge in [0.1, 0.15) is 13.2 Å². The molecule has 75 heavy (non-hydrogen) atoms. The fourth-order valence-corrected chi connectivity index (χ4v) is 9.52. The van der Waals surface area contributed by atoms with Crippen molar-refractivity contribution in [3.63, 3.8) is 0 Å². The van der Waals surface area contributed by atoms with Gasteiger partial charge in [-0.2, -0.15) is 0 Å². The molecule has 0 heterocycles. The van der Waals surface area contributed by atoms with Gasteiger partial charge in [-0.15, -0.1) is 0 Å². The first-order chi connectivity index (χ1) is 37.0. The van der Waals surface area contributed by atoms with Crippen LogP contribution in [0.3, 0.4) is 0 Å². The summed E-state index contributed by atoms with van der Waals surface area (Å²) in [5.41, 5.74) is 0. The molecular formula is C69H124O6. The van der Waals surface area contributed by atoms with Crippen LogP contribution in [0.2, 0.25) is 0 Å². The molecule has 0 spiro atoms. The molecule has 0 fully saturated rings. The molecule has 0 saturated heterocycles. The number of hydrogen-bond donors (Lipinski definition) is 0. The lowest BCUT2D eigenvalue weighted by Gasteiger charge is -2.18. The fraction of sp³-hybridized carbons (Fsp3) is 0.812. The van der Waals surface area contributed by atoms with E-state index in [9.17, 15) is 14.4 Å². The Labute approximate surface area is 466 Å². The molecule has 0 saturated carbocycles. The maximum absolute atomic E-state index is 12.8. The summed E-state index contributed by atoms with van der Waals surface area (Å²) < 4.78 is 16.9. The Morgan fingerprint density at radius 3 is 0.800 bits per heavy atom.